The highest BCUT2D eigenvalue weighted by Crippen LogP contribution is 2.30. The molecule has 3 nitrogen and oxygen atoms in total. The second-order valence-electron chi connectivity index (χ2n) is 5.09. The number of hydrogen-bond acceptors (Lipinski definition) is 2. The van der Waals surface area contributed by atoms with E-state index < -0.39 is 5.97 Å². The molecule has 18 heavy (non-hydrogen) atoms. The van der Waals surface area contributed by atoms with Gasteiger partial charge < -0.3 is 5.11 Å². The second-order valence-corrected chi connectivity index (χ2v) is 5.94. The predicted molar refractivity (Wildman–Crippen MR) is 74.5 cm³/mol. The summed E-state index contributed by atoms with van der Waals surface area (Å²) in [5.41, 5.74) is 2.36. The summed E-state index contributed by atoms with van der Waals surface area (Å²) < 4.78 is 1.08. The van der Waals surface area contributed by atoms with Crippen LogP contribution in [-0.2, 0) is 11.3 Å². The molecule has 1 aromatic carbocycles. The number of carbonyl (C=O) groups is 1. The zero-order chi connectivity index (χ0) is 13.1. The van der Waals surface area contributed by atoms with Crippen LogP contribution in [0.3, 0.4) is 0 Å². The standard InChI is InChI=1S/C14H18BrNO2/c1-10-2-3-12(6-13(10)15)8-16(9-14(17)18)7-11-4-5-11/h2-3,6,11H,4-5,7-9H2,1H3,(H,17,18). The average Bonchev–Trinajstić information content (AvgIpc) is 3.06. The van der Waals surface area contributed by atoms with Crippen LogP contribution < -0.4 is 0 Å². The van der Waals surface area contributed by atoms with Crippen LogP contribution >= 0.6 is 15.9 Å². The number of nitrogens with zero attached hydrogens (tertiary/aromatic N) is 1. The van der Waals surface area contributed by atoms with Crippen LogP contribution in [0.2, 0.25) is 0 Å². The van der Waals surface area contributed by atoms with Crippen molar-refractivity contribution < 1.29 is 9.90 Å². The molecule has 1 aliphatic carbocycles. The maximum Gasteiger partial charge on any atom is 0.317 e. The Kier molecular flexibility index (Phi) is 4.40. The Morgan fingerprint density at radius 1 is 1.50 bits per heavy atom. The van der Waals surface area contributed by atoms with Crippen molar-refractivity contribution in [2.24, 2.45) is 5.92 Å². The first-order valence-electron chi connectivity index (χ1n) is 6.24. The summed E-state index contributed by atoms with van der Waals surface area (Å²) in [5, 5.41) is 8.94. The van der Waals surface area contributed by atoms with Crippen LogP contribution in [0.25, 0.3) is 0 Å². The molecule has 0 unspecified atom stereocenters. The van der Waals surface area contributed by atoms with Gasteiger partial charge in [-0.15, -0.1) is 0 Å². The molecule has 98 valence electrons. The molecule has 1 fully saturated rings. The summed E-state index contributed by atoms with van der Waals surface area (Å²) in [6.07, 6.45) is 2.49. The molecule has 1 N–H and O–H groups in total. The summed E-state index contributed by atoms with van der Waals surface area (Å²) in [5.74, 6) is -0.0416. The summed E-state index contributed by atoms with van der Waals surface area (Å²) in [6, 6.07) is 6.22. The number of carboxylic acids is 1. The molecule has 0 heterocycles. The van der Waals surface area contributed by atoms with Crippen molar-refractivity contribution in [2.45, 2.75) is 26.3 Å². The molecule has 0 spiro atoms. The SMILES string of the molecule is Cc1ccc(CN(CC(=O)O)CC2CC2)cc1Br. The van der Waals surface area contributed by atoms with E-state index in [1.165, 1.54) is 18.4 Å². The summed E-state index contributed by atoms with van der Waals surface area (Å²) >= 11 is 3.52. The average molecular weight is 312 g/mol. The Morgan fingerprint density at radius 2 is 2.22 bits per heavy atom. The highest BCUT2D eigenvalue weighted by atomic mass is 79.9. The highest BCUT2D eigenvalue weighted by molar-refractivity contribution is 9.10. The topological polar surface area (TPSA) is 40.5 Å². The Balaban J connectivity index is 2.01. The molecule has 0 amide bonds. The third kappa shape index (κ3) is 4.10. The van der Waals surface area contributed by atoms with Crippen molar-refractivity contribution in [1.82, 2.24) is 4.90 Å². The van der Waals surface area contributed by atoms with Crippen LogP contribution in [0, 0.1) is 12.8 Å². The molecule has 0 aromatic heterocycles. The maximum absolute atomic E-state index is 10.9. The molecule has 4 heteroatoms. The quantitative estimate of drug-likeness (QED) is 0.878. The van der Waals surface area contributed by atoms with E-state index in [0.717, 1.165) is 16.6 Å². The fourth-order valence-electron chi connectivity index (χ4n) is 2.03. The van der Waals surface area contributed by atoms with Crippen LogP contribution in [-0.4, -0.2) is 29.1 Å². The van der Waals surface area contributed by atoms with E-state index in [0.29, 0.717) is 12.5 Å². The van der Waals surface area contributed by atoms with Gasteiger partial charge in [-0.05, 0) is 42.9 Å². The van der Waals surface area contributed by atoms with Gasteiger partial charge in [-0.3, -0.25) is 9.69 Å². The summed E-state index contributed by atoms with van der Waals surface area (Å²) in [7, 11) is 0. The van der Waals surface area contributed by atoms with E-state index in [2.05, 4.69) is 34.1 Å². The van der Waals surface area contributed by atoms with Gasteiger partial charge in [0.25, 0.3) is 0 Å². The highest BCUT2D eigenvalue weighted by Gasteiger charge is 2.25. The van der Waals surface area contributed by atoms with Crippen molar-refractivity contribution in [2.75, 3.05) is 13.1 Å². The Hall–Kier alpha value is -0.870. The smallest absolute Gasteiger partial charge is 0.317 e. The minimum atomic E-state index is -0.748. The van der Waals surface area contributed by atoms with Crippen molar-refractivity contribution in [3.8, 4) is 0 Å². The van der Waals surface area contributed by atoms with Gasteiger partial charge >= 0.3 is 5.97 Å². The zero-order valence-electron chi connectivity index (χ0n) is 10.5. The lowest BCUT2D eigenvalue weighted by Gasteiger charge is -2.20. The first-order chi connectivity index (χ1) is 8.54. The van der Waals surface area contributed by atoms with Gasteiger partial charge in [-0.2, -0.15) is 0 Å². The van der Waals surface area contributed by atoms with Crippen LogP contribution in [0.4, 0.5) is 0 Å². The van der Waals surface area contributed by atoms with Gasteiger partial charge in [0.15, 0.2) is 0 Å². The van der Waals surface area contributed by atoms with Crippen LogP contribution in [0.5, 0.6) is 0 Å². The Labute approximate surface area is 116 Å². The summed E-state index contributed by atoms with van der Waals surface area (Å²) in [4.78, 5) is 12.9. The largest absolute Gasteiger partial charge is 0.480 e. The molecule has 1 aromatic rings. The Morgan fingerprint density at radius 3 is 2.78 bits per heavy atom. The minimum absolute atomic E-state index is 0.127. The molecule has 0 aliphatic heterocycles. The van der Waals surface area contributed by atoms with Gasteiger partial charge in [0.05, 0.1) is 6.54 Å². The van der Waals surface area contributed by atoms with Crippen molar-refractivity contribution in [1.29, 1.82) is 0 Å². The van der Waals surface area contributed by atoms with Gasteiger partial charge in [0.1, 0.15) is 0 Å². The lowest BCUT2D eigenvalue weighted by molar-refractivity contribution is -0.138. The molecular formula is C14H18BrNO2. The van der Waals surface area contributed by atoms with E-state index in [-0.39, 0.29) is 6.54 Å². The molecule has 0 atom stereocenters. The fraction of sp³-hybridized carbons (Fsp3) is 0.500. The van der Waals surface area contributed by atoms with Crippen LogP contribution in [0.1, 0.15) is 24.0 Å². The van der Waals surface area contributed by atoms with Crippen molar-refractivity contribution >= 4 is 21.9 Å². The monoisotopic (exact) mass is 311 g/mol. The molecule has 0 radical (unpaired) electrons. The lowest BCUT2D eigenvalue weighted by Crippen LogP contribution is -2.31. The zero-order valence-corrected chi connectivity index (χ0v) is 12.1. The minimum Gasteiger partial charge on any atom is -0.480 e. The number of aliphatic carboxylic acids is 1. The molecule has 1 saturated carbocycles. The summed E-state index contributed by atoms with van der Waals surface area (Å²) in [6.45, 7) is 3.79. The third-order valence-electron chi connectivity index (χ3n) is 3.21. The first kappa shape index (κ1) is 13.6. The molecule has 2 rings (SSSR count). The second kappa shape index (κ2) is 5.85. The fourth-order valence-corrected chi connectivity index (χ4v) is 2.46. The normalized spacial score (nSPS) is 15.1. The number of hydrogen-bond donors (Lipinski definition) is 1. The van der Waals surface area contributed by atoms with Crippen molar-refractivity contribution in [3.63, 3.8) is 0 Å². The number of halogens is 1. The number of benzene rings is 1. The van der Waals surface area contributed by atoms with Crippen LogP contribution in [0.15, 0.2) is 22.7 Å². The van der Waals surface area contributed by atoms with Gasteiger partial charge in [0.2, 0.25) is 0 Å². The number of rotatable bonds is 6. The molecule has 1 aliphatic rings. The Bertz CT molecular complexity index is 443. The number of aryl methyl sites for hydroxylation is 1. The maximum atomic E-state index is 10.9. The predicted octanol–water partition coefficient (Wildman–Crippen LogP) is 3.05. The lowest BCUT2D eigenvalue weighted by atomic mass is 10.1. The number of carboxylic acid groups (broad SMARTS) is 1. The van der Waals surface area contributed by atoms with E-state index in [9.17, 15) is 4.79 Å². The van der Waals surface area contributed by atoms with Gasteiger partial charge in [-0.25, -0.2) is 0 Å². The first-order valence-corrected chi connectivity index (χ1v) is 7.03. The van der Waals surface area contributed by atoms with Gasteiger partial charge in [0, 0.05) is 17.6 Å². The van der Waals surface area contributed by atoms with E-state index in [1.807, 2.05) is 11.8 Å². The van der Waals surface area contributed by atoms with Crippen molar-refractivity contribution in [3.05, 3.63) is 33.8 Å². The molecule has 0 bridgehead atoms. The molecular weight excluding hydrogens is 294 g/mol. The van der Waals surface area contributed by atoms with E-state index >= 15 is 0 Å². The van der Waals surface area contributed by atoms with E-state index in [4.69, 9.17) is 5.11 Å². The van der Waals surface area contributed by atoms with Gasteiger partial charge in [-0.1, -0.05) is 28.1 Å². The third-order valence-corrected chi connectivity index (χ3v) is 4.07. The molecule has 0 saturated heterocycles. The van der Waals surface area contributed by atoms with E-state index in [1.54, 1.807) is 0 Å².